The van der Waals surface area contributed by atoms with Crippen molar-refractivity contribution in [1.82, 2.24) is 29.3 Å². The predicted molar refractivity (Wildman–Crippen MR) is 119 cm³/mol. The van der Waals surface area contributed by atoms with E-state index in [-0.39, 0.29) is 22.5 Å². The lowest BCUT2D eigenvalue weighted by molar-refractivity contribution is -0.143. The molecule has 0 bridgehead atoms. The van der Waals surface area contributed by atoms with Gasteiger partial charge >= 0.3 is 12.4 Å². The second-order valence-corrected chi connectivity index (χ2v) is 9.72. The first-order valence-electron chi connectivity index (χ1n) is 10.5. The molecule has 4 aromatic rings. The molecule has 1 aromatic carbocycles. The fourth-order valence-corrected chi connectivity index (χ4v) is 4.67. The largest absolute Gasteiger partial charge is 0.436 e. The summed E-state index contributed by atoms with van der Waals surface area (Å²) >= 11 is 0. The Hall–Kier alpha value is -4.30. The molecule has 204 valence electrons. The third kappa shape index (κ3) is 5.76. The molecule has 0 amide bonds. The van der Waals surface area contributed by atoms with Crippen LogP contribution in [0.5, 0.6) is 0 Å². The number of hydrogen-bond donors (Lipinski definition) is 1. The topological polar surface area (TPSA) is 118 Å². The van der Waals surface area contributed by atoms with E-state index in [1.165, 1.54) is 24.4 Å². The summed E-state index contributed by atoms with van der Waals surface area (Å²) in [6.45, 7) is -0.692. The van der Waals surface area contributed by atoms with Crippen molar-refractivity contribution >= 4 is 10.0 Å². The van der Waals surface area contributed by atoms with Crippen LogP contribution in [0.2, 0.25) is 0 Å². The molecule has 3 heterocycles. The highest BCUT2D eigenvalue weighted by Crippen LogP contribution is 2.34. The fourth-order valence-electron chi connectivity index (χ4n) is 3.46. The summed E-state index contributed by atoms with van der Waals surface area (Å²) in [5.41, 5.74) is -3.80. The van der Waals surface area contributed by atoms with Crippen LogP contribution in [0.3, 0.4) is 0 Å². The zero-order valence-corrected chi connectivity index (χ0v) is 20.2. The number of aryl methyl sites for hydroxylation is 1. The molecule has 9 nitrogen and oxygen atoms in total. The van der Waals surface area contributed by atoms with E-state index in [1.54, 1.807) is 0 Å². The quantitative estimate of drug-likeness (QED) is 0.346. The van der Waals surface area contributed by atoms with Gasteiger partial charge in [-0.15, -0.1) is 0 Å². The molecule has 1 N–H and O–H groups in total. The summed E-state index contributed by atoms with van der Waals surface area (Å²) in [5, 5.41) is 16.1. The molecule has 0 radical (unpaired) electrons. The lowest BCUT2D eigenvalue weighted by Gasteiger charge is -2.10. The van der Waals surface area contributed by atoms with Gasteiger partial charge in [0.25, 0.3) is 0 Å². The number of pyridine rings is 1. The van der Waals surface area contributed by atoms with Crippen molar-refractivity contribution in [2.24, 2.45) is 7.05 Å². The molecule has 0 spiro atoms. The molecule has 0 aliphatic heterocycles. The van der Waals surface area contributed by atoms with Gasteiger partial charge in [-0.25, -0.2) is 27.2 Å². The first-order valence-corrected chi connectivity index (χ1v) is 12.0. The molecule has 4 rings (SSSR count). The van der Waals surface area contributed by atoms with Gasteiger partial charge in [0.2, 0.25) is 10.0 Å². The van der Waals surface area contributed by atoms with Gasteiger partial charge in [-0.05, 0) is 24.3 Å². The van der Waals surface area contributed by atoms with Crippen molar-refractivity contribution < 1.29 is 39.2 Å². The number of nitrogens with one attached hydrogen (secondary N) is 1. The van der Waals surface area contributed by atoms with Crippen LogP contribution < -0.4 is 4.72 Å². The van der Waals surface area contributed by atoms with E-state index in [2.05, 4.69) is 15.2 Å². The molecule has 0 saturated carbocycles. The van der Waals surface area contributed by atoms with Crippen molar-refractivity contribution in [3.05, 3.63) is 77.3 Å². The van der Waals surface area contributed by atoms with Crippen molar-refractivity contribution in [2.75, 3.05) is 0 Å². The number of hydrogen-bond acceptors (Lipinski definition) is 6. The van der Waals surface area contributed by atoms with Crippen LogP contribution in [0.1, 0.15) is 22.5 Å². The van der Waals surface area contributed by atoms with E-state index in [1.807, 2.05) is 4.72 Å². The van der Waals surface area contributed by atoms with Crippen LogP contribution in [0.15, 0.2) is 53.8 Å². The van der Waals surface area contributed by atoms with Crippen LogP contribution in [0, 0.1) is 17.1 Å². The number of alkyl halides is 6. The minimum atomic E-state index is -5.04. The van der Waals surface area contributed by atoms with E-state index in [4.69, 9.17) is 5.26 Å². The highest BCUT2D eigenvalue weighted by molar-refractivity contribution is 7.89. The van der Waals surface area contributed by atoms with Gasteiger partial charge < -0.3 is 0 Å². The first-order chi connectivity index (χ1) is 18.1. The van der Waals surface area contributed by atoms with E-state index in [0.717, 1.165) is 30.1 Å². The SMILES string of the molecule is Cn1cc(S(=O)(=O)NCc2ccc(-n3ccc(-c4cnc(C#N)c(C(F)(F)F)c4)n3)cc2F)c(C(F)(F)F)n1. The summed E-state index contributed by atoms with van der Waals surface area (Å²) in [7, 11) is -3.61. The molecule has 0 saturated heterocycles. The van der Waals surface area contributed by atoms with Crippen LogP contribution in [-0.2, 0) is 36.0 Å². The number of rotatable bonds is 6. The standard InChI is InChI=1S/C22H14F7N7O2S/c1-35-11-19(20(34-35)22(27,28)29)39(37,38)32-10-12-2-3-14(7-16(12)23)36-5-4-17(33-36)13-6-15(21(24,25)26)18(8-30)31-9-13/h2-7,9,11,32H,10H2,1H3. The van der Waals surface area contributed by atoms with E-state index < -0.39 is 56.6 Å². The van der Waals surface area contributed by atoms with Gasteiger partial charge in [-0.1, -0.05) is 6.07 Å². The predicted octanol–water partition coefficient (Wildman–Crippen LogP) is 4.19. The zero-order valence-electron chi connectivity index (χ0n) is 19.4. The van der Waals surface area contributed by atoms with Gasteiger partial charge in [0.15, 0.2) is 11.4 Å². The second-order valence-electron chi connectivity index (χ2n) is 7.99. The highest BCUT2D eigenvalue weighted by Gasteiger charge is 2.41. The van der Waals surface area contributed by atoms with Crippen LogP contribution in [0.25, 0.3) is 16.9 Å². The number of nitrogens with zero attached hydrogens (tertiary/aromatic N) is 6. The molecular weight excluding hydrogens is 559 g/mol. The number of halogens is 7. The van der Waals surface area contributed by atoms with Gasteiger partial charge in [-0.3, -0.25) is 4.68 Å². The van der Waals surface area contributed by atoms with Crippen molar-refractivity contribution in [3.63, 3.8) is 0 Å². The smallest absolute Gasteiger partial charge is 0.274 e. The zero-order chi connectivity index (χ0) is 28.8. The Kier molecular flexibility index (Phi) is 6.95. The van der Waals surface area contributed by atoms with Crippen molar-refractivity contribution in [3.8, 4) is 23.0 Å². The van der Waals surface area contributed by atoms with E-state index in [0.29, 0.717) is 16.9 Å². The molecule has 0 atom stereocenters. The van der Waals surface area contributed by atoms with Crippen molar-refractivity contribution in [1.29, 1.82) is 5.26 Å². The van der Waals surface area contributed by atoms with E-state index in [9.17, 15) is 39.2 Å². The molecular formula is C22H14F7N7O2S. The average molecular weight is 573 g/mol. The van der Waals surface area contributed by atoms with Crippen LogP contribution in [0.4, 0.5) is 30.7 Å². The Labute approximate surface area is 215 Å². The van der Waals surface area contributed by atoms with Crippen LogP contribution >= 0.6 is 0 Å². The normalized spacial score (nSPS) is 12.5. The monoisotopic (exact) mass is 573 g/mol. The Bertz CT molecular complexity index is 1700. The van der Waals surface area contributed by atoms with E-state index >= 15 is 0 Å². The van der Waals surface area contributed by atoms with Gasteiger partial charge in [0.05, 0.1) is 16.9 Å². The Morgan fingerprint density at radius 2 is 1.77 bits per heavy atom. The maximum Gasteiger partial charge on any atom is 0.436 e. The number of nitriles is 1. The Morgan fingerprint density at radius 1 is 1.05 bits per heavy atom. The van der Waals surface area contributed by atoms with Crippen molar-refractivity contribution in [2.45, 2.75) is 23.8 Å². The third-order valence-corrected chi connectivity index (χ3v) is 6.69. The molecule has 0 unspecified atom stereocenters. The first kappa shape index (κ1) is 27.7. The third-order valence-electron chi connectivity index (χ3n) is 5.29. The molecule has 17 heteroatoms. The molecule has 0 fully saturated rings. The summed E-state index contributed by atoms with van der Waals surface area (Å²) in [6.07, 6.45) is -6.85. The molecule has 0 aliphatic carbocycles. The molecule has 39 heavy (non-hydrogen) atoms. The summed E-state index contributed by atoms with van der Waals surface area (Å²) in [6, 6.07) is 6.83. The molecule has 3 aromatic heterocycles. The maximum atomic E-state index is 14.7. The summed E-state index contributed by atoms with van der Waals surface area (Å²) < 4.78 is 122. The van der Waals surface area contributed by atoms with Gasteiger partial charge in [0.1, 0.15) is 16.8 Å². The molecule has 0 aliphatic rings. The van der Waals surface area contributed by atoms with Gasteiger partial charge in [-0.2, -0.15) is 41.8 Å². The lowest BCUT2D eigenvalue weighted by Crippen LogP contribution is -2.26. The second kappa shape index (κ2) is 9.78. The number of benzene rings is 1. The summed E-state index contributed by atoms with van der Waals surface area (Å²) in [5.74, 6) is -0.936. The highest BCUT2D eigenvalue weighted by atomic mass is 32.2. The minimum absolute atomic E-state index is 0.0340. The minimum Gasteiger partial charge on any atom is -0.274 e. The Morgan fingerprint density at radius 3 is 2.38 bits per heavy atom. The fraction of sp³-hybridized carbons (Fsp3) is 0.182. The average Bonchev–Trinajstić information content (AvgIpc) is 3.50. The Balaban J connectivity index is 1.55. The number of sulfonamides is 1. The van der Waals surface area contributed by atoms with Gasteiger partial charge in [0, 0.05) is 43.3 Å². The lowest BCUT2D eigenvalue weighted by atomic mass is 10.1. The number of aromatic nitrogens is 5. The maximum absolute atomic E-state index is 14.7. The van der Waals surface area contributed by atoms with Crippen LogP contribution in [-0.4, -0.2) is 33.0 Å². The summed E-state index contributed by atoms with van der Waals surface area (Å²) in [4.78, 5) is 2.40.